The second-order valence-corrected chi connectivity index (χ2v) is 5.35. The van der Waals surface area contributed by atoms with E-state index in [1.807, 2.05) is 13.8 Å². The molecule has 0 aliphatic heterocycles. The summed E-state index contributed by atoms with van der Waals surface area (Å²) in [5.74, 6) is 1.90. The summed E-state index contributed by atoms with van der Waals surface area (Å²) in [6.07, 6.45) is 5.22. The predicted molar refractivity (Wildman–Crippen MR) is 78.3 cm³/mol. The van der Waals surface area contributed by atoms with Crippen LogP contribution in [0.5, 0.6) is 0 Å². The zero-order valence-corrected chi connectivity index (χ0v) is 19.6. The predicted octanol–water partition coefficient (Wildman–Crippen LogP) is 3.32. The Morgan fingerprint density at radius 2 is 1.70 bits per heavy atom. The van der Waals surface area contributed by atoms with Crippen LogP contribution in [0, 0.1) is 11.8 Å². The van der Waals surface area contributed by atoms with E-state index in [0.29, 0.717) is 12.3 Å². The summed E-state index contributed by atoms with van der Waals surface area (Å²) in [5.41, 5.74) is 0. The Kier molecular flexibility index (Phi) is 31.9. The van der Waals surface area contributed by atoms with Crippen molar-refractivity contribution in [2.75, 3.05) is 13.2 Å². The van der Waals surface area contributed by atoms with Gasteiger partial charge < -0.3 is 10.4 Å². The van der Waals surface area contributed by atoms with E-state index in [2.05, 4.69) is 26.1 Å². The molecular weight excluding hydrogens is 594 g/mol. The van der Waals surface area contributed by atoms with Crippen LogP contribution in [0.25, 0.3) is 0 Å². The number of carbonyl (C=O) groups is 1. The molecule has 0 rings (SSSR count). The van der Waals surface area contributed by atoms with Gasteiger partial charge in [-0.2, -0.15) is 13.8 Å². The second-order valence-electron chi connectivity index (χ2n) is 5.35. The van der Waals surface area contributed by atoms with Crippen molar-refractivity contribution in [2.24, 2.45) is 5.92 Å². The molecular formula is C15H32NO2W2-. The number of rotatable bonds is 8. The van der Waals surface area contributed by atoms with Crippen LogP contribution >= 0.6 is 0 Å². The maximum Gasteiger partial charge on any atom is 0.220 e. The van der Waals surface area contributed by atoms with E-state index in [4.69, 9.17) is 5.11 Å². The third-order valence-electron chi connectivity index (χ3n) is 2.37. The molecule has 0 unspecified atom stereocenters. The van der Waals surface area contributed by atoms with Crippen LogP contribution in [0.15, 0.2) is 0 Å². The van der Waals surface area contributed by atoms with Gasteiger partial charge in [0, 0.05) is 55.1 Å². The first-order valence-corrected chi connectivity index (χ1v) is 7.10. The van der Waals surface area contributed by atoms with Gasteiger partial charge in [-0.15, -0.1) is 0 Å². The first-order valence-electron chi connectivity index (χ1n) is 7.10. The maximum absolute atomic E-state index is 11.2. The second kappa shape index (κ2) is 22.1. The van der Waals surface area contributed by atoms with Gasteiger partial charge >= 0.3 is 0 Å². The Hall–Kier alpha value is 0.807. The molecule has 0 aromatic carbocycles. The normalized spacial score (nSPS) is 9.20. The summed E-state index contributed by atoms with van der Waals surface area (Å²) >= 11 is 0. The van der Waals surface area contributed by atoms with Gasteiger partial charge in [-0.1, -0.05) is 40.2 Å². The molecule has 122 valence electrons. The van der Waals surface area contributed by atoms with E-state index < -0.39 is 0 Å². The molecule has 1 amide bonds. The summed E-state index contributed by atoms with van der Waals surface area (Å²) in [7, 11) is 0. The van der Waals surface area contributed by atoms with Crippen molar-refractivity contribution in [1.29, 1.82) is 0 Å². The van der Waals surface area contributed by atoms with E-state index in [9.17, 15) is 4.79 Å². The van der Waals surface area contributed by atoms with Crippen LogP contribution in [-0.4, -0.2) is 24.2 Å². The monoisotopic (exact) mass is 626 g/mol. The molecule has 2 N–H and O–H groups in total. The molecule has 3 nitrogen and oxygen atoms in total. The average molecular weight is 626 g/mol. The van der Waals surface area contributed by atoms with Crippen molar-refractivity contribution >= 4 is 5.91 Å². The third kappa shape index (κ3) is 31.3. The SMILES string of the molecule is CCCCCNC(=O)CCC(C)C.C[C-](C)CO.[W].[W]. The molecule has 0 heterocycles. The summed E-state index contributed by atoms with van der Waals surface area (Å²) in [5, 5.41) is 11.0. The summed E-state index contributed by atoms with van der Waals surface area (Å²) in [6.45, 7) is 11.3. The van der Waals surface area contributed by atoms with Crippen molar-refractivity contribution in [2.45, 2.75) is 66.7 Å². The van der Waals surface area contributed by atoms with Crippen LogP contribution in [0.2, 0.25) is 0 Å². The summed E-state index contributed by atoms with van der Waals surface area (Å²) < 4.78 is 0. The van der Waals surface area contributed by atoms with Gasteiger partial charge in [0.2, 0.25) is 5.91 Å². The van der Waals surface area contributed by atoms with Crippen molar-refractivity contribution in [3.8, 4) is 0 Å². The van der Waals surface area contributed by atoms with Crippen molar-refractivity contribution < 1.29 is 52.0 Å². The van der Waals surface area contributed by atoms with Gasteiger partial charge in [-0.05, 0) is 18.8 Å². The number of hydrogen-bond donors (Lipinski definition) is 2. The van der Waals surface area contributed by atoms with Crippen LogP contribution in [0.3, 0.4) is 0 Å². The molecule has 0 atom stereocenters. The molecule has 0 fully saturated rings. The standard InChI is InChI=1S/C11H23NO.C4H9O.2W/c1-4-5-6-9-12-11(13)8-7-10(2)3;1-4(2)3-5;;/h10H,4-9H2,1-3H3,(H,12,13);5H,3H2,1-2H3;;/q;-1;;. The van der Waals surface area contributed by atoms with E-state index in [1.165, 1.54) is 12.8 Å². The molecule has 0 radical (unpaired) electrons. The van der Waals surface area contributed by atoms with Crippen molar-refractivity contribution in [1.82, 2.24) is 5.32 Å². The number of aliphatic hydroxyl groups excluding tert-OH is 1. The topological polar surface area (TPSA) is 49.3 Å². The summed E-state index contributed by atoms with van der Waals surface area (Å²) in [4.78, 5) is 11.2. The van der Waals surface area contributed by atoms with Gasteiger partial charge in [-0.25, -0.2) is 0 Å². The number of carbonyl (C=O) groups excluding carboxylic acids is 1. The molecule has 0 saturated heterocycles. The molecule has 0 bridgehead atoms. The molecule has 20 heavy (non-hydrogen) atoms. The number of nitrogens with one attached hydrogen (secondary N) is 1. The largest absolute Gasteiger partial charge is 0.428 e. The Morgan fingerprint density at radius 1 is 1.20 bits per heavy atom. The Labute approximate surface area is 154 Å². The third-order valence-corrected chi connectivity index (χ3v) is 2.37. The summed E-state index contributed by atoms with van der Waals surface area (Å²) in [6, 6.07) is 0. The van der Waals surface area contributed by atoms with Crippen LogP contribution in [-0.2, 0) is 46.9 Å². The van der Waals surface area contributed by atoms with Crippen molar-refractivity contribution in [3.63, 3.8) is 0 Å². The molecule has 0 aliphatic rings. The van der Waals surface area contributed by atoms with Gasteiger partial charge in [-0.3, -0.25) is 10.7 Å². The zero-order chi connectivity index (χ0) is 14.4. The number of hydrogen-bond acceptors (Lipinski definition) is 2. The fourth-order valence-corrected chi connectivity index (χ4v) is 1.11. The van der Waals surface area contributed by atoms with Crippen LogP contribution in [0.1, 0.15) is 66.7 Å². The van der Waals surface area contributed by atoms with E-state index in [0.717, 1.165) is 25.3 Å². The minimum atomic E-state index is 0. The Bertz CT molecular complexity index is 189. The number of unbranched alkanes of at least 4 members (excludes halogenated alkanes) is 2. The van der Waals surface area contributed by atoms with Gasteiger partial charge in [0.05, 0.1) is 0 Å². The average Bonchev–Trinajstić information content (AvgIpc) is 2.32. The molecule has 0 spiro atoms. The van der Waals surface area contributed by atoms with E-state index >= 15 is 0 Å². The molecule has 0 aliphatic carbocycles. The number of amides is 1. The fourth-order valence-electron chi connectivity index (χ4n) is 1.11. The van der Waals surface area contributed by atoms with E-state index in [1.54, 1.807) is 0 Å². The minimum absolute atomic E-state index is 0. The smallest absolute Gasteiger partial charge is 0.220 e. The minimum Gasteiger partial charge on any atom is -0.428 e. The quantitative estimate of drug-likeness (QED) is 0.321. The Balaban J connectivity index is -0.000000158. The molecule has 0 saturated carbocycles. The van der Waals surface area contributed by atoms with Crippen LogP contribution in [0.4, 0.5) is 0 Å². The Morgan fingerprint density at radius 3 is 2.05 bits per heavy atom. The maximum atomic E-state index is 11.2. The molecule has 5 heteroatoms. The molecule has 0 aromatic rings. The first kappa shape index (κ1) is 28.9. The zero-order valence-electron chi connectivity index (χ0n) is 13.7. The van der Waals surface area contributed by atoms with Gasteiger partial charge in [0.25, 0.3) is 0 Å². The van der Waals surface area contributed by atoms with Gasteiger partial charge in [0.1, 0.15) is 0 Å². The molecule has 0 aromatic heterocycles. The fraction of sp³-hybridized carbons (Fsp3) is 0.867. The van der Waals surface area contributed by atoms with Crippen LogP contribution < -0.4 is 5.32 Å². The van der Waals surface area contributed by atoms with E-state index in [-0.39, 0.29) is 54.6 Å². The van der Waals surface area contributed by atoms with Crippen molar-refractivity contribution in [3.05, 3.63) is 5.92 Å². The number of aliphatic hydroxyl groups is 1. The van der Waals surface area contributed by atoms with Gasteiger partial charge in [0.15, 0.2) is 0 Å². The first-order chi connectivity index (χ1) is 8.43.